The van der Waals surface area contributed by atoms with Crippen molar-refractivity contribution in [2.45, 2.75) is 5.41 Å². The minimum atomic E-state index is -0.576. The molecule has 0 radical (unpaired) electrons. The number of aliphatic hydroxyl groups excluding tert-OH is 1. The van der Waals surface area contributed by atoms with Crippen LogP contribution in [0.1, 0.15) is 11.1 Å². The van der Waals surface area contributed by atoms with Gasteiger partial charge in [-0.2, -0.15) is 0 Å². The summed E-state index contributed by atoms with van der Waals surface area (Å²) in [4.78, 5) is 0. The molecule has 2 nitrogen and oxygen atoms in total. The molecular weight excluding hydrogens is 370 g/mol. The molecule has 4 heteroatoms. The Morgan fingerprint density at radius 1 is 0.947 bits per heavy atom. The Hall–Kier alpha value is -0.680. The van der Waals surface area contributed by atoms with E-state index < -0.39 is 5.41 Å². The summed E-state index contributed by atoms with van der Waals surface area (Å²) in [5.74, 6) is 0. The van der Waals surface area contributed by atoms with Gasteiger partial charge in [0.05, 0.1) is 12.0 Å². The molecule has 0 aliphatic carbocycles. The standard InChI is InChI=1S/C15H15Br2NO/c16-13-5-1-3-11(7-13)15(9-18,10-19)12-4-2-6-14(17)8-12/h1-8,19H,9-10,18H2. The average Bonchev–Trinajstić information content (AvgIpc) is 2.41. The molecule has 2 aromatic rings. The molecule has 3 N–H and O–H groups in total. The Morgan fingerprint density at radius 2 is 1.42 bits per heavy atom. The maximum atomic E-state index is 9.95. The first-order chi connectivity index (χ1) is 9.12. The van der Waals surface area contributed by atoms with E-state index in [-0.39, 0.29) is 6.61 Å². The third kappa shape index (κ3) is 2.92. The van der Waals surface area contributed by atoms with Gasteiger partial charge in [-0.25, -0.2) is 0 Å². The summed E-state index contributed by atoms with van der Waals surface area (Å²) >= 11 is 6.94. The Kier molecular flexibility index (Phi) is 4.79. The summed E-state index contributed by atoms with van der Waals surface area (Å²) in [7, 11) is 0. The molecular formula is C15H15Br2NO. The van der Waals surface area contributed by atoms with Gasteiger partial charge in [-0.3, -0.25) is 0 Å². The monoisotopic (exact) mass is 383 g/mol. The third-order valence-electron chi connectivity index (χ3n) is 3.37. The highest BCUT2D eigenvalue weighted by Crippen LogP contribution is 2.33. The lowest BCUT2D eigenvalue weighted by Gasteiger charge is -2.32. The molecule has 100 valence electrons. The molecule has 0 heterocycles. The lowest BCUT2D eigenvalue weighted by Crippen LogP contribution is -2.40. The first-order valence-electron chi connectivity index (χ1n) is 5.95. The van der Waals surface area contributed by atoms with Gasteiger partial charge in [-0.1, -0.05) is 56.1 Å². The fourth-order valence-electron chi connectivity index (χ4n) is 2.22. The molecule has 0 unspecified atom stereocenters. The fraction of sp³-hybridized carbons (Fsp3) is 0.200. The molecule has 19 heavy (non-hydrogen) atoms. The van der Waals surface area contributed by atoms with Crippen molar-refractivity contribution in [2.24, 2.45) is 5.73 Å². The van der Waals surface area contributed by atoms with Crippen molar-refractivity contribution in [3.8, 4) is 0 Å². The molecule has 2 aromatic carbocycles. The number of hydrogen-bond acceptors (Lipinski definition) is 2. The van der Waals surface area contributed by atoms with E-state index in [1.807, 2.05) is 48.5 Å². The molecule has 0 spiro atoms. The van der Waals surface area contributed by atoms with E-state index in [1.54, 1.807) is 0 Å². The first kappa shape index (κ1) is 14.7. The van der Waals surface area contributed by atoms with E-state index in [2.05, 4.69) is 31.9 Å². The zero-order valence-corrected chi connectivity index (χ0v) is 13.5. The zero-order chi connectivity index (χ0) is 13.9. The molecule has 0 saturated heterocycles. The minimum absolute atomic E-state index is 0.0313. The average molecular weight is 385 g/mol. The van der Waals surface area contributed by atoms with Gasteiger partial charge in [0.2, 0.25) is 0 Å². The Morgan fingerprint density at radius 3 is 1.74 bits per heavy atom. The van der Waals surface area contributed by atoms with Crippen molar-refractivity contribution in [3.63, 3.8) is 0 Å². The molecule has 0 atom stereocenters. The molecule has 0 amide bonds. The summed E-state index contributed by atoms with van der Waals surface area (Å²) in [5.41, 5.74) is 7.43. The molecule has 2 rings (SSSR count). The zero-order valence-electron chi connectivity index (χ0n) is 10.3. The Bertz CT molecular complexity index is 520. The van der Waals surface area contributed by atoms with Crippen LogP contribution in [0.15, 0.2) is 57.5 Å². The summed E-state index contributed by atoms with van der Waals surface area (Å²) in [5, 5.41) is 9.95. The largest absolute Gasteiger partial charge is 0.395 e. The van der Waals surface area contributed by atoms with Gasteiger partial charge in [0, 0.05) is 15.5 Å². The highest BCUT2D eigenvalue weighted by atomic mass is 79.9. The predicted octanol–water partition coefficient (Wildman–Crippen LogP) is 3.45. The number of rotatable bonds is 4. The van der Waals surface area contributed by atoms with Gasteiger partial charge in [-0.05, 0) is 35.4 Å². The van der Waals surface area contributed by atoms with Crippen LogP contribution in [0.3, 0.4) is 0 Å². The number of aliphatic hydroxyl groups is 1. The highest BCUT2D eigenvalue weighted by Gasteiger charge is 2.32. The SMILES string of the molecule is NCC(CO)(c1cccc(Br)c1)c1cccc(Br)c1. The van der Waals surface area contributed by atoms with E-state index >= 15 is 0 Å². The van der Waals surface area contributed by atoms with Crippen LogP contribution in [-0.2, 0) is 5.41 Å². The molecule has 0 bridgehead atoms. The van der Waals surface area contributed by atoms with Crippen molar-refractivity contribution in [3.05, 3.63) is 68.6 Å². The van der Waals surface area contributed by atoms with Crippen LogP contribution in [0.2, 0.25) is 0 Å². The van der Waals surface area contributed by atoms with Gasteiger partial charge >= 0.3 is 0 Å². The van der Waals surface area contributed by atoms with Crippen molar-refractivity contribution in [1.29, 1.82) is 0 Å². The molecule has 0 fully saturated rings. The van der Waals surface area contributed by atoms with Crippen molar-refractivity contribution >= 4 is 31.9 Å². The van der Waals surface area contributed by atoms with Crippen LogP contribution >= 0.6 is 31.9 Å². The maximum absolute atomic E-state index is 9.95. The molecule has 0 saturated carbocycles. The van der Waals surface area contributed by atoms with E-state index in [0.29, 0.717) is 6.54 Å². The second kappa shape index (κ2) is 6.18. The van der Waals surface area contributed by atoms with Crippen LogP contribution in [-0.4, -0.2) is 18.3 Å². The van der Waals surface area contributed by atoms with Crippen LogP contribution in [0, 0.1) is 0 Å². The van der Waals surface area contributed by atoms with E-state index in [9.17, 15) is 5.11 Å². The second-order valence-electron chi connectivity index (χ2n) is 4.47. The topological polar surface area (TPSA) is 46.2 Å². The molecule has 0 aromatic heterocycles. The number of benzene rings is 2. The number of nitrogens with two attached hydrogens (primary N) is 1. The van der Waals surface area contributed by atoms with Crippen molar-refractivity contribution < 1.29 is 5.11 Å². The highest BCUT2D eigenvalue weighted by molar-refractivity contribution is 9.10. The summed E-state index contributed by atoms with van der Waals surface area (Å²) in [6.07, 6.45) is 0. The second-order valence-corrected chi connectivity index (χ2v) is 6.30. The number of hydrogen-bond donors (Lipinski definition) is 2. The quantitative estimate of drug-likeness (QED) is 0.847. The van der Waals surface area contributed by atoms with Gasteiger partial charge in [0.25, 0.3) is 0 Å². The maximum Gasteiger partial charge on any atom is 0.0581 e. The summed E-state index contributed by atoms with van der Waals surface area (Å²) in [6, 6.07) is 15.8. The van der Waals surface area contributed by atoms with Crippen molar-refractivity contribution in [2.75, 3.05) is 13.2 Å². The lowest BCUT2D eigenvalue weighted by atomic mass is 9.75. The summed E-state index contributed by atoms with van der Waals surface area (Å²) in [6.45, 7) is 0.312. The molecule has 0 aliphatic heterocycles. The molecule has 0 aliphatic rings. The lowest BCUT2D eigenvalue weighted by molar-refractivity contribution is 0.223. The summed E-state index contributed by atoms with van der Waals surface area (Å²) < 4.78 is 1.96. The fourth-order valence-corrected chi connectivity index (χ4v) is 3.02. The van der Waals surface area contributed by atoms with E-state index in [0.717, 1.165) is 20.1 Å². The third-order valence-corrected chi connectivity index (χ3v) is 4.36. The van der Waals surface area contributed by atoms with Gasteiger partial charge in [-0.15, -0.1) is 0 Å². The van der Waals surface area contributed by atoms with Gasteiger partial charge in [0.1, 0.15) is 0 Å². The Labute approximate surface area is 129 Å². The normalized spacial score (nSPS) is 11.6. The van der Waals surface area contributed by atoms with E-state index in [4.69, 9.17) is 5.73 Å². The predicted molar refractivity (Wildman–Crippen MR) is 85.2 cm³/mol. The van der Waals surface area contributed by atoms with Gasteiger partial charge < -0.3 is 10.8 Å². The van der Waals surface area contributed by atoms with E-state index in [1.165, 1.54) is 0 Å². The van der Waals surface area contributed by atoms with Crippen LogP contribution in [0.4, 0.5) is 0 Å². The van der Waals surface area contributed by atoms with Crippen LogP contribution < -0.4 is 5.73 Å². The van der Waals surface area contributed by atoms with Crippen LogP contribution in [0.5, 0.6) is 0 Å². The first-order valence-corrected chi connectivity index (χ1v) is 7.54. The number of halogens is 2. The van der Waals surface area contributed by atoms with Crippen molar-refractivity contribution in [1.82, 2.24) is 0 Å². The van der Waals surface area contributed by atoms with Gasteiger partial charge in [0.15, 0.2) is 0 Å². The van der Waals surface area contributed by atoms with Crippen LogP contribution in [0.25, 0.3) is 0 Å². The smallest absolute Gasteiger partial charge is 0.0581 e. The minimum Gasteiger partial charge on any atom is -0.395 e. The Balaban J connectivity index is 2.60.